The summed E-state index contributed by atoms with van der Waals surface area (Å²) in [5.74, 6) is 0.568. The number of carbonyl (C=O) groups is 2. The van der Waals surface area contributed by atoms with Crippen LogP contribution in [0.5, 0.6) is 5.75 Å². The van der Waals surface area contributed by atoms with Gasteiger partial charge in [-0.2, -0.15) is 0 Å². The fraction of sp³-hybridized carbons (Fsp3) is 0.250. The van der Waals surface area contributed by atoms with Gasteiger partial charge in [-0.05, 0) is 24.3 Å². The number of rotatable bonds is 8. The standard InChI is InChI=1S/C16H18N2O4/c19-15(8-12-21-13-5-2-1-3-6-13)17-9-10-18-16(20)14-7-4-11-22-14/h1-7,11H,8-10,12H2,(H,17,19)(H,18,20). The van der Waals surface area contributed by atoms with E-state index in [2.05, 4.69) is 10.6 Å². The number of benzene rings is 1. The topological polar surface area (TPSA) is 80.6 Å². The highest BCUT2D eigenvalue weighted by Crippen LogP contribution is 2.08. The summed E-state index contributed by atoms with van der Waals surface area (Å²) in [6, 6.07) is 12.5. The Morgan fingerprint density at radius 2 is 1.77 bits per heavy atom. The number of para-hydroxylation sites is 1. The highest BCUT2D eigenvalue weighted by atomic mass is 16.5. The molecule has 6 heteroatoms. The van der Waals surface area contributed by atoms with Gasteiger partial charge in [0.15, 0.2) is 5.76 Å². The second-order valence-corrected chi connectivity index (χ2v) is 4.49. The number of ether oxygens (including phenoxy) is 1. The zero-order chi connectivity index (χ0) is 15.6. The van der Waals surface area contributed by atoms with E-state index < -0.39 is 0 Å². The number of nitrogens with one attached hydrogen (secondary N) is 2. The minimum Gasteiger partial charge on any atom is -0.493 e. The summed E-state index contributed by atoms with van der Waals surface area (Å²) in [4.78, 5) is 23.1. The van der Waals surface area contributed by atoms with Crippen LogP contribution in [0, 0.1) is 0 Å². The molecule has 0 radical (unpaired) electrons. The van der Waals surface area contributed by atoms with E-state index in [0.29, 0.717) is 19.7 Å². The lowest BCUT2D eigenvalue weighted by Gasteiger charge is -2.07. The van der Waals surface area contributed by atoms with Crippen molar-refractivity contribution in [3.8, 4) is 5.75 Å². The average Bonchev–Trinajstić information content (AvgIpc) is 3.07. The molecule has 0 fully saturated rings. The molecular weight excluding hydrogens is 284 g/mol. The molecule has 1 heterocycles. The molecule has 22 heavy (non-hydrogen) atoms. The van der Waals surface area contributed by atoms with Crippen LogP contribution in [0.25, 0.3) is 0 Å². The Morgan fingerprint density at radius 1 is 1.00 bits per heavy atom. The molecule has 0 aliphatic carbocycles. The Hall–Kier alpha value is -2.76. The molecule has 2 rings (SSSR count). The van der Waals surface area contributed by atoms with E-state index in [1.54, 1.807) is 12.1 Å². The predicted molar refractivity (Wildman–Crippen MR) is 80.6 cm³/mol. The smallest absolute Gasteiger partial charge is 0.287 e. The monoisotopic (exact) mass is 302 g/mol. The van der Waals surface area contributed by atoms with Crippen LogP contribution in [0.15, 0.2) is 53.1 Å². The minimum atomic E-state index is -0.299. The number of amides is 2. The van der Waals surface area contributed by atoms with E-state index in [9.17, 15) is 9.59 Å². The van der Waals surface area contributed by atoms with Gasteiger partial charge in [0.2, 0.25) is 5.91 Å². The third-order valence-corrected chi connectivity index (χ3v) is 2.82. The highest BCUT2D eigenvalue weighted by Gasteiger charge is 2.07. The molecule has 116 valence electrons. The van der Waals surface area contributed by atoms with E-state index in [1.807, 2.05) is 30.3 Å². The maximum Gasteiger partial charge on any atom is 0.287 e. The fourth-order valence-corrected chi connectivity index (χ4v) is 1.74. The quantitative estimate of drug-likeness (QED) is 0.726. The molecule has 0 unspecified atom stereocenters. The van der Waals surface area contributed by atoms with Crippen molar-refractivity contribution in [2.45, 2.75) is 6.42 Å². The van der Waals surface area contributed by atoms with Crippen molar-refractivity contribution in [2.75, 3.05) is 19.7 Å². The van der Waals surface area contributed by atoms with Crippen LogP contribution in [0.2, 0.25) is 0 Å². The molecule has 1 aromatic carbocycles. The van der Waals surface area contributed by atoms with Gasteiger partial charge in [-0.1, -0.05) is 18.2 Å². The third-order valence-electron chi connectivity index (χ3n) is 2.82. The average molecular weight is 302 g/mol. The van der Waals surface area contributed by atoms with Gasteiger partial charge in [-0.3, -0.25) is 9.59 Å². The Balaban J connectivity index is 1.53. The van der Waals surface area contributed by atoms with Gasteiger partial charge in [-0.15, -0.1) is 0 Å². The van der Waals surface area contributed by atoms with Gasteiger partial charge in [0.1, 0.15) is 5.75 Å². The summed E-state index contributed by atoms with van der Waals surface area (Å²) in [5, 5.41) is 5.35. The molecule has 0 saturated carbocycles. The van der Waals surface area contributed by atoms with Crippen LogP contribution in [0.4, 0.5) is 0 Å². The lowest BCUT2D eigenvalue weighted by Crippen LogP contribution is -2.35. The first kappa shape index (κ1) is 15.6. The maximum atomic E-state index is 11.6. The molecule has 0 atom stereocenters. The Kier molecular flexibility index (Phi) is 6.04. The Morgan fingerprint density at radius 3 is 2.50 bits per heavy atom. The Bertz CT molecular complexity index is 581. The second kappa shape index (κ2) is 8.51. The summed E-state index contributed by atoms with van der Waals surface area (Å²) in [6.07, 6.45) is 1.70. The van der Waals surface area contributed by atoms with Crippen LogP contribution in [-0.2, 0) is 4.79 Å². The zero-order valence-corrected chi connectivity index (χ0v) is 12.1. The minimum absolute atomic E-state index is 0.122. The molecule has 2 aromatic rings. The molecule has 2 N–H and O–H groups in total. The first-order chi connectivity index (χ1) is 10.8. The van der Waals surface area contributed by atoms with E-state index >= 15 is 0 Å². The summed E-state index contributed by atoms with van der Waals surface area (Å²) in [6.45, 7) is 1.01. The SMILES string of the molecule is O=C(CCOc1ccccc1)NCCNC(=O)c1ccco1. The van der Waals surface area contributed by atoms with Crippen LogP contribution in [0.3, 0.4) is 0 Å². The lowest BCUT2D eigenvalue weighted by molar-refractivity contribution is -0.121. The van der Waals surface area contributed by atoms with Crippen molar-refractivity contribution in [1.29, 1.82) is 0 Å². The van der Waals surface area contributed by atoms with Gasteiger partial charge in [0.25, 0.3) is 5.91 Å². The van der Waals surface area contributed by atoms with Gasteiger partial charge >= 0.3 is 0 Å². The number of carbonyl (C=O) groups excluding carboxylic acids is 2. The second-order valence-electron chi connectivity index (χ2n) is 4.49. The van der Waals surface area contributed by atoms with E-state index in [1.165, 1.54) is 6.26 Å². The number of furan rings is 1. The fourth-order valence-electron chi connectivity index (χ4n) is 1.74. The molecule has 2 amide bonds. The summed E-state index contributed by atoms with van der Waals surface area (Å²) >= 11 is 0. The van der Waals surface area contributed by atoms with Crippen molar-refractivity contribution in [3.63, 3.8) is 0 Å². The van der Waals surface area contributed by atoms with E-state index in [0.717, 1.165) is 5.75 Å². The van der Waals surface area contributed by atoms with Gasteiger partial charge in [0.05, 0.1) is 19.3 Å². The van der Waals surface area contributed by atoms with Crippen LogP contribution < -0.4 is 15.4 Å². The first-order valence-electron chi connectivity index (χ1n) is 7.02. The van der Waals surface area contributed by atoms with E-state index in [-0.39, 0.29) is 24.0 Å². The lowest BCUT2D eigenvalue weighted by atomic mass is 10.3. The Labute approximate surface area is 128 Å². The van der Waals surface area contributed by atoms with Crippen molar-refractivity contribution in [2.24, 2.45) is 0 Å². The van der Waals surface area contributed by atoms with Crippen LogP contribution in [0.1, 0.15) is 17.0 Å². The number of hydrogen-bond donors (Lipinski definition) is 2. The summed E-state index contributed by atoms with van der Waals surface area (Å²) < 4.78 is 10.4. The van der Waals surface area contributed by atoms with Crippen molar-refractivity contribution in [3.05, 3.63) is 54.5 Å². The summed E-state index contributed by atoms with van der Waals surface area (Å²) in [7, 11) is 0. The first-order valence-corrected chi connectivity index (χ1v) is 7.02. The molecule has 0 bridgehead atoms. The molecular formula is C16H18N2O4. The van der Waals surface area contributed by atoms with Gasteiger partial charge in [-0.25, -0.2) is 0 Å². The molecule has 0 saturated heterocycles. The molecule has 1 aromatic heterocycles. The summed E-state index contributed by atoms with van der Waals surface area (Å²) in [5.41, 5.74) is 0. The van der Waals surface area contributed by atoms with Crippen molar-refractivity contribution >= 4 is 11.8 Å². The largest absolute Gasteiger partial charge is 0.493 e. The third kappa shape index (κ3) is 5.32. The van der Waals surface area contributed by atoms with Crippen molar-refractivity contribution < 1.29 is 18.7 Å². The molecule has 6 nitrogen and oxygen atoms in total. The highest BCUT2D eigenvalue weighted by molar-refractivity contribution is 5.91. The predicted octanol–water partition coefficient (Wildman–Crippen LogP) is 1.59. The van der Waals surface area contributed by atoms with Crippen LogP contribution >= 0.6 is 0 Å². The van der Waals surface area contributed by atoms with Gasteiger partial charge in [0, 0.05) is 13.1 Å². The normalized spacial score (nSPS) is 10.0. The number of hydrogen-bond acceptors (Lipinski definition) is 4. The van der Waals surface area contributed by atoms with Crippen LogP contribution in [-0.4, -0.2) is 31.5 Å². The van der Waals surface area contributed by atoms with Gasteiger partial charge < -0.3 is 19.8 Å². The molecule has 0 aliphatic heterocycles. The molecule has 0 spiro atoms. The maximum absolute atomic E-state index is 11.6. The molecule has 0 aliphatic rings. The van der Waals surface area contributed by atoms with Crippen molar-refractivity contribution in [1.82, 2.24) is 10.6 Å². The van der Waals surface area contributed by atoms with E-state index in [4.69, 9.17) is 9.15 Å². The zero-order valence-electron chi connectivity index (χ0n) is 12.1.